The zero-order valence-corrected chi connectivity index (χ0v) is 20.5. The topological polar surface area (TPSA) is 101 Å². The van der Waals surface area contributed by atoms with Crippen molar-refractivity contribution in [2.75, 3.05) is 31.2 Å². The number of aryl methyl sites for hydroxylation is 1. The lowest BCUT2D eigenvalue weighted by Gasteiger charge is -2.30. The van der Waals surface area contributed by atoms with Gasteiger partial charge in [0.15, 0.2) is 0 Å². The molecule has 1 amide bonds. The Labute approximate surface area is 202 Å². The van der Waals surface area contributed by atoms with Gasteiger partial charge in [-0.2, -0.15) is 4.98 Å². The van der Waals surface area contributed by atoms with Crippen molar-refractivity contribution in [1.29, 1.82) is 0 Å². The number of aliphatic hydroxyl groups is 1. The summed E-state index contributed by atoms with van der Waals surface area (Å²) in [5.74, 6) is 3.60. The number of benzene rings is 1. The largest absolute Gasteiger partial charge is 0.494 e. The summed E-state index contributed by atoms with van der Waals surface area (Å²) in [6.07, 6.45) is 9.28. The van der Waals surface area contributed by atoms with Crippen LogP contribution in [0.5, 0.6) is 5.75 Å². The number of rotatable bonds is 11. The Morgan fingerprint density at radius 3 is 2.74 bits per heavy atom. The molecule has 1 atom stereocenters. The number of carbonyl (C=O) groups excluding carboxylic acids is 1. The van der Waals surface area contributed by atoms with E-state index in [1.807, 2.05) is 19.1 Å². The molecule has 2 aromatic rings. The highest BCUT2D eigenvalue weighted by atomic mass is 16.5. The Hall–Kier alpha value is -2.61. The normalized spacial score (nSPS) is 17.9. The van der Waals surface area contributed by atoms with Crippen molar-refractivity contribution < 1.29 is 19.2 Å². The summed E-state index contributed by atoms with van der Waals surface area (Å²) in [4.78, 5) is 19.2. The van der Waals surface area contributed by atoms with Gasteiger partial charge in [-0.25, -0.2) is 0 Å². The van der Waals surface area contributed by atoms with Crippen LogP contribution in [0.1, 0.15) is 73.7 Å². The van der Waals surface area contributed by atoms with Crippen LogP contribution < -0.4 is 15.0 Å². The SMILES string of the molecule is Cc1cc(OCCCC2CCN(c3noc(CC4CCC4)n3)CC2)ccc1C(=O)NC(C)CO. The van der Waals surface area contributed by atoms with Crippen LogP contribution in [-0.2, 0) is 6.42 Å². The van der Waals surface area contributed by atoms with Crippen LogP contribution in [0.15, 0.2) is 22.7 Å². The number of carbonyl (C=O) groups is 1. The number of anilines is 1. The van der Waals surface area contributed by atoms with Crippen LogP contribution in [0, 0.1) is 18.8 Å². The first-order valence-electron chi connectivity index (χ1n) is 12.7. The smallest absolute Gasteiger partial charge is 0.266 e. The van der Waals surface area contributed by atoms with Gasteiger partial charge in [-0.1, -0.05) is 6.42 Å². The molecule has 8 nitrogen and oxygen atoms in total. The average Bonchev–Trinajstić information content (AvgIpc) is 3.28. The lowest BCUT2D eigenvalue weighted by atomic mass is 9.83. The van der Waals surface area contributed by atoms with E-state index in [0.717, 1.165) is 74.3 Å². The highest BCUT2D eigenvalue weighted by Crippen LogP contribution is 2.30. The van der Waals surface area contributed by atoms with E-state index in [1.54, 1.807) is 13.0 Å². The molecule has 1 aliphatic heterocycles. The van der Waals surface area contributed by atoms with Crippen molar-refractivity contribution in [2.24, 2.45) is 11.8 Å². The van der Waals surface area contributed by atoms with Crippen LogP contribution in [0.2, 0.25) is 0 Å². The fourth-order valence-corrected chi connectivity index (χ4v) is 4.71. The molecule has 1 unspecified atom stereocenters. The second-order valence-corrected chi connectivity index (χ2v) is 9.94. The average molecular weight is 471 g/mol. The van der Waals surface area contributed by atoms with E-state index in [-0.39, 0.29) is 18.6 Å². The zero-order valence-electron chi connectivity index (χ0n) is 20.5. The monoisotopic (exact) mass is 470 g/mol. The molecule has 1 aromatic carbocycles. The molecule has 1 aliphatic carbocycles. The van der Waals surface area contributed by atoms with Crippen LogP contribution >= 0.6 is 0 Å². The van der Waals surface area contributed by atoms with Crippen molar-refractivity contribution in [3.05, 3.63) is 35.2 Å². The number of ether oxygens (including phenoxy) is 1. The predicted molar refractivity (Wildman–Crippen MR) is 130 cm³/mol. The number of amides is 1. The van der Waals surface area contributed by atoms with Gasteiger partial charge in [0.1, 0.15) is 5.75 Å². The summed E-state index contributed by atoms with van der Waals surface area (Å²) in [6, 6.07) is 5.27. The maximum atomic E-state index is 12.3. The molecule has 2 aliphatic rings. The molecule has 8 heteroatoms. The highest BCUT2D eigenvalue weighted by molar-refractivity contribution is 5.95. The molecule has 2 fully saturated rings. The molecule has 2 heterocycles. The summed E-state index contributed by atoms with van der Waals surface area (Å²) in [7, 11) is 0. The fraction of sp³-hybridized carbons (Fsp3) is 0.654. The first-order chi connectivity index (χ1) is 16.5. The number of hydrogen-bond acceptors (Lipinski definition) is 7. The van der Waals surface area contributed by atoms with Crippen LogP contribution in [0.4, 0.5) is 5.95 Å². The molecule has 1 aromatic heterocycles. The Balaban J connectivity index is 1.14. The minimum Gasteiger partial charge on any atom is -0.494 e. The third kappa shape index (κ3) is 6.50. The van der Waals surface area contributed by atoms with Gasteiger partial charge in [0.05, 0.1) is 13.2 Å². The van der Waals surface area contributed by atoms with E-state index >= 15 is 0 Å². The zero-order chi connectivity index (χ0) is 23.9. The molecule has 1 saturated carbocycles. The molecular weight excluding hydrogens is 432 g/mol. The molecule has 0 spiro atoms. The molecule has 0 bridgehead atoms. The lowest BCUT2D eigenvalue weighted by molar-refractivity contribution is 0.0921. The Morgan fingerprint density at radius 1 is 1.26 bits per heavy atom. The van der Waals surface area contributed by atoms with Crippen molar-refractivity contribution >= 4 is 11.9 Å². The lowest BCUT2D eigenvalue weighted by Crippen LogP contribution is -2.35. The van der Waals surface area contributed by atoms with Crippen LogP contribution in [0.3, 0.4) is 0 Å². The van der Waals surface area contributed by atoms with Gasteiger partial charge in [-0.15, -0.1) is 0 Å². The van der Waals surface area contributed by atoms with Crippen molar-refractivity contribution in [3.8, 4) is 5.75 Å². The molecule has 4 rings (SSSR count). The summed E-state index contributed by atoms with van der Waals surface area (Å²) >= 11 is 0. The number of nitrogens with one attached hydrogen (secondary N) is 1. The number of piperidine rings is 1. The summed E-state index contributed by atoms with van der Waals surface area (Å²) in [6.45, 7) is 6.22. The summed E-state index contributed by atoms with van der Waals surface area (Å²) < 4.78 is 11.4. The van der Waals surface area contributed by atoms with E-state index in [2.05, 4.69) is 20.4 Å². The fourth-order valence-electron chi connectivity index (χ4n) is 4.71. The van der Waals surface area contributed by atoms with E-state index in [1.165, 1.54) is 19.3 Å². The van der Waals surface area contributed by atoms with Crippen molar-refractivity contribution in [1.82, 2.24) is 15.5 Å². The number of aromatic nitrogens is 2. The van der Waals surface area contributed by atoms with Gasteiger partial charge in [0.2, 0.25) is 5.89 Å². The Bertz CT molecular complexity index is 935. The minimum atomic E-state index is -0.267. The first kappa shape index (κ1) is 24.5. The summed E-state index contributed by atoms with van der Waals surface area (Å²) in [5, 5.41) is 16.1. The van der Waals surface area contributed by atoms with Crippen LogP contribution in [-0.4, -0.2) is 53.5 Å². The summed E-state index contributed by atoms with van der Waals surface area (Å²) in [5.41, 5.74) is 1.47. The second kappa shape index (κ2) is 11.7. The molecule has 34 heavy (non-hydrogen) atoms. The van der Waals surface area contributed by atoms with E-state index in [4.69, 9.17) is 14.4 Å². The van der Waals surface area contributed by atoms with Gasteiger partial charge in [-0.3, -0.25) is 4.79 Å². The second-order valence-electron chi connectivity index (χ2n) is 9.94. The predicted octanol–water partition coefficient (Wildman–Crippen LogP) is 3.91. The molecule has 1 saturated heterocycles. The minimum absolute atomic E-state index is 0.0799. The maximum absolute atomic E-state index is 12.3. The molecule has 186 valence electrons. The number of nitrogens with zero attached hydrogens (tertiary/aromatic N) is 3. The first-order valence-corrected chi connectivity index (χ1v) is 12.7. The maximum Gasteiger partial charge on any atom is 0.266 e. The van der Waals surface area contributed by atoms with Gasteiger partial charge >= 0.3 is 0 Å². The standard InChI is InChI=1S/C26H38N4O4/c1-18-15-22(8-9-23(18)25(32)27-19(2)17-31)33-14-4-7-20-10-12-30(13-11-20)26-28-24(34-29-26)16-21-5-3-6-21/h8-9,15,19-21,31H,3-7,10-14,16-17H2,1-2H3,(H,27,32). The van der Waals surface area contributed by atoms with Gasteiger partial charge in [0, 0.05) is 31.1 Å². The van der Waals surface area contributed by atoms with E-state index in [0.29, 0.717) is 18.1 Å². The molecule has 0 radical (unpaired) electrons. The van der Waals surface area contributed by atoms with Crippen molar-refractivity contribution in [2.45, 2.75) is 71.3 Å². The van der Waals surface area contributed by atoms with Gasteiger partial charge in [-0.05, 0) is 93.1 Å². The third-order valence-electron chi connectivity index (χ3n) is 7.16. The van der Waals surface area contributed by atoms with E-state index < -0.39 is 0 Å². The molecular formula is C26H38N4O4. The van der Waals surface area contributed by atoms with Crippen LogP contribution in [0.25, 0.3) is 0 Å². The Morgan fingerprint density at radius 2 is 2.06 bits per heavy atom. The third-order valence-corrected chi connectivity index (χ3v) is 7.16. The van der Waals surface area contributed by atoms with Gasteiger partial charge in [0.25, 0.3) is 11.9 Å². The quantitative estimate of drug-likeness (QED) is 0.480. The molecule has 2 N–H and O–H groups in total. The van der Waals surface area contributed by atoms with E-state index in [9.17, 15) is 4.79 Å². The van der Waals surface area contributed by atoms with Crippen molar-refractivity contribution in [3.63, 3.8) is 0 Å². The Kier molecular flexibility index (Phi) is 8.43. The number of hydrogen-bond donors (Lipinski definition) is 2. The van der Waals surface area contributed by atoms with Gasteiger partial charge < -0.3 is 24.6 Å². The highest BCUT2D eigenvalue weighted by Gasteiger charge is 2.25. The number of aliphatic hydroxyl groups excluding tert-OH is 1.